The van der Waals surface area contributed by atoms with Crippen LogP contribution in [0.3, 0.4) is 0 Å². The summed E-state index contributed by atoms with van der Waals surface area (Å²) < 4.78 is 7.06. The summed E-state index contributed by atoms with van der Waals surface area (Å²) in [6.07, 6.45) is 0. The van der Waals surface area contributed by atoms with Crippen LogP contribution in [0.4, 0.5) is 5.69 Å². The van der Waals surface area contributed by atoms with Gasteiger partial charge in [-0.2, -0.15) is 5.10 Å². The molecule has 162 valence electrons. The van der Waals surface area contributed by atoms with Gasteiger partial charge in [-0.3, -0.25) is 19.3 Å². The van der Waals surface area contributed by atoms with E-state index in [9.17, 15) is 9.59 Å². The highest BCUT2D eigenvalue weighted by Gasteiger charge is 2.14. The van der Waals surface area contributed by atoms with Crippen LogP contribution in [0.1, 0.15) is 16.7 Å². The quantitative estimate of drug-likeness (QED) is 0.491. The number of hydrogen-bond acceptors (Lipinski definition) is 5. The van der Waals surface area contributed by atoms with Crippen LogP contribution in [-0.2, 0) is 16.1 Å². The summed E-state index contributed by atoms with van der Waals surface area (Å²) in [5, 5.41) is 12.4. The average molecular weight is 440 g/mol. The maximum absolute atomic E-state index is 12.5. The third kappa shape index (κ3) is 5.37. The van der Waals surface area contributed by atoms with Gasteiger partial charge in [-0.25, -0.2) is 0 Å². The lowest BCUT2D eigenvalue weighted by Crippen LogP contribution is -2.35. The molecular weight excluding hydrogens is 414 g/mol. The Morgan fingerprint density at radius 2 is 1.74 bits per heavy atom. The number of ether oxygens (including phenoxy) is 1. The molecule has 3 aromatic rings. The molecule has 8 nitrogen and oxygen atoms in total. The maximum Gasteiger partial charge on any atom is 0.243 e. The summed E-state index contributed by atoms with van der Waals surface area (Å²) in [6, 6.07) is 11.3. The maximum atomic E-state index is 12.5. The smallest absolute Gasteiger partial charge is 0.243 e. The van der Waals surface area contributed by atoms with Gasteiger partial charge in [-0.15, -0.1) is 0 Å². The van der Waals surface area contributed by atoms with E-state index in [1.807, 2.05) is 45.0 Å². The minimum Gasteiger partial charge on any atom is -0.497 e. The van der Waals surface area contributed by atoms with Crippen molar-refractivity contribution in [3.8, 4) is 17.1 Å². The second-order valence-corrected chi connectivity index (χ2v) is 7.65. The van der Waals surface area contributed by atoms with Crippen molar-refractivity contribution >= 4 is 29.7 Å². The van der Waals surface area contributed by atoms with Crippen molar-refractivity contribution < 1.29 is 14.3 Å². The van der Waals surface area contributed by atoms with E-state index in [4.69, 9.17) is 17.0 Å². The van der Waals surface area contributed by atoms with Crippen molar-refractivity contribution in [3.05, 3.63) is 57.9 Å². The fraction of sp³-hybridized carbons (Fsp3) is 0.273. The van der Waals surface area contributed by atoms with Gasteiger partial charge < -0.3 is 15.4 Å². The Balaban J connectivity index is 1.63. The molecule has 0 saturated carbocycles. The Labute approximate surface area is 185 Å². The Bertz CT molecular complexity index is 1140. The number of benzene rings is 2. The zero-order valence-electron chi connectivity index (χ0n) is 17.9. The summed E-state index contributed by atoms with van der Waals surface area (Å²) >= 11 is 5.26. The summed E-state index contributed by atoms with van der Waals surface area (Å²) in [6.45, 7) is 5.68. The van der Waals surface area contributed by atoms with Crippen LogP contribution in [0.25, 0.3) is 11.4 Å². The summed E-state index contributed by atoms with van der Waals surface area (Å²) in [7, 11) is 1.59. The molecule has 2 amide bonds. The normalized spacial score (nSPS) is 10.6. The number of amides is 2. The van der Waals surface area contributed by atoms with Gasteiger partial charge in [0, 0.05) is 11.3 Å². The second-order valence-electron chi connectivity index (χ2n) is 7.27. The Morgan fingerprint density at radius 3 is 2.35 bits per heavy atom. The van der Waals surface area contributed by atoms with Crippen molar-refractivity contribution in [2.24, 2.45) is 0 Å². The number of aryl methyl sites for hydroxylation is 3. The number of nitrogens with zero attached hydrogens (tertiary/aromatic N) is 2. The molecule has 9 heteroatoms. The van der Waals surface area contributed by atoms with Gasteiger partial charge >= 0.3 is 0 Å². The molecule has 2 aromatic carbocycles. The number of anilines is 1. The fourth-order valence-corrected chi connectivity index (χ4v) is 3.56. The zero-order valence-corrected chi connectivity index (χ0v) is 18.7. The lowest BCUT2D eigenvalue weighted by molar-refractivity contribution is -0.124. The first-order valence-electron chi connectivity index (χ1n) is 9.72. The van der Waals surface area contributed by atoms with Crippen LogP contribution in [-0.4, -0.2) is 40.2 Å². The van der Waals surface area contributed by atoms with Crippen LogP contribution in [0, 0.1) is 25.5 Å². The van der Waals surface area contributed by atoms with Crippen molar-refractivity contribution in [1.29, 1.82) is 0 Å². The third-order valence-electron chi connectivity index (χ3n) is 4.80. The first-order valence-corrected chi connectivity index (χ1v) is 10.1. The van der Waals surface area contributed by atoms with Crippen LogP contribution in [0.5, 0.6) is 5.75 Å². The highest BCUT2D eigenvalue weighted by Crippen LogP contribution is 2.22. The van der Waals surface area contributed by atoms with E-state index in [2.05, 4.69) is 20.8 Å². The van der Waals surface area contributed by atoms with E-state index in [0.29, 0.717) is 16.3 Å². The molecule has 0 aliphatic heterocycles. The summed E-state index contributed by atoms with van der Waals surface area (Å²) in [5.74, 6) is 0.597. The van der Waals surface area contributed by atoms with E-state index in [1.54, 1.807) is 23.8 Å². The van der Waals surface area contributed by atoms with Gasteiger partial charge in [0.05, 0.1) is 13.7 Å². The Kier molecular flexibility index (Phi) is 6.86. The molecule has 31 heavy (non-hydrogen) atoms. The largest absolute Gasteiger partial charge is 0.497 e. The van der Waals surface area contributed by atoms with Crippen LogP contribution in [0.15, 0.2) is 36.4 Å². The standard InChI is InChI=1S/C22H25N5O3S/c1-13-9-14(2)20(15(3)10-13)24-18(28)11-23-19(29)12-27-21(25-26-22(27)31)16-5-7-17(30-4)8-6-16/h5-10H,11-12H2,1-4H3,(H,23,29)(H,24,28)(H,26,31). The number of methoxy groups -OCH3 is 1. The fourth-order valence-electron chi connectivity index (χ4n) is 3.36. The Hall–Kier alpha value is -3.46. The lowest BCUT2D eigenvalue weighted by atomic mass is 10.1. The van der Waals surface area contributed by atoms with Crippen molar-refractivity contribution in [1.82, 2.24) is 20.1 Å². The van der Waals surface area contributed by atoms with E-state index < -0.39 is 0 Å². The number of H-pyrrole nitrogens is 1. The monoisotopic (exact) mass is 439 g/mol. The lowest BCUT2D eigenvalue weighted by Gasteiger charge is -2.13. The van der Waals surface area contributed by atoms with Crippen molar-refractivity contribution in [3.63, 3.8) is 0 Å². The molecular formula is C22H25N5O3S. The predicted octanol–water partition coefficient (Wildman–Crippen LogP) is 3.30. The second kappa shape index (κ2) is 9.57. The van der Waals surface area contributed by atoms with E-state index in [0.717, 1.165) is 27.9 Å². The molecule has 0 aliphatic rings. The first-order chi connectivity index (χ1) is 14.8. The number of nitrogens with one attached hydrogen (secondary N) is 3. The highest BCUT2D eigenvalue weighted by molar-refractivity contribution is 7.71. The SMILES string of the molecule is COc1ccc(-c2n[nH]c(=S)n2CC(=O)NCC(=O)Nc2c(C)cc(C)cc2C)cc1. The van der Waals surface area contributed by atoms with Crippen LogP contribution < -0.4 is 15.4 Å². The molecule has 1 heterocycles. The zero-order chi connectivity index (χ0) is 22.5. The highest BCUT2D eigenvalue weighted by atomic mass is 32.1. The van der Waals surface area contributed by atoms with Gasteiger partial charge in [-0.1, -0.05) is 17.7 Å². The first kappa shape index (κ1) is 22.2. The van der Waals surface area contributed by atoms with E-state index >= 15 is 0 Å². The number of rotatable bonds is 7. The molecule has 0 bridgehead atoms. The predicted molar refractivity (Wildman–Crippen MR) is 122 cm³/mol. The minimum atomic E-state index is -0.347. The van der Waals surface area contributed by atoms with Gasteiger partial charge in [0.1, 0.15) is 12.3 Å². The number of carbonyl (C=O) groups excluding carboxylic acids is 2. The molecule has 0 unspecified atom stereocenters. The van der Waals surface area contributed by atoms with E-state index in [1.165, 1.54) is 0 Å². The number of carbonyl (C=O) groups is 2. The van der Waals surface area contributed by atoms with Crippen molar-refractivity contribution in [2.45, 2.75) is 27.3 Å². The van der Waals surface area contributed by atoms with Crippen molar-refractivity contribution in [2.75, 3.05) is 19.0 Å². The molecule has 3 rings (SSSR count). The molecule has 0 atom stereocenters. The summed E-state index contributed by atoms with van der Waals surface area (Å²) in [5.41, 5.74) is 4.63. The van der Waals surface area contributed by atoms with Gasteiger partial charge in [-0.05, 0) is 68.4 Å². The van der Waals surface area contributed by atoms with Gasteiger partial charge in [0.2, 0.25) is 11.8 Å². The molecule has 3 N–H and O–H groups in total. The summed E-state index contributed by atoms with van der Waals surface area (Å²) in [4.78, 5) is 24.8. The number of aromatic nitrogens is 3. The number of hydrogen-bond donors (Lipinski definition) is 3. The Morgan fingerprint density at radius 1 is 1.10 bits per heavy atom. The molecule has 1 aromatic heterocycles. The molecule has 0 fully saturated rings. The molecule has 0 radical (unpaired) electrons. The van der Waals surface area contributed by atoms with Gasteiger partial charge in [0.15, 0.2) is 10.6 Å². The minimum absolute atomic E-state index is 0.0629. The molecule has 0 aliphatic carbocycles. The molecule has 0 saturated heterocycles. The van der Waals surface area contributed by atoms with E-state index in [-0.39, 0.29) is 24.9 Å². The van der Waals surface area contributed by atoms with Crippen LogP contribution in [0.2, 0.25) is 0 Å². The topological polar surface area (TPSA) is 101 Å². The number of aromatic amines is 1. The molecule has 0 spiro atoms. The third-order valence-corrected chi connectivity index (χ3v) is 5.11. The average Bonchev–Trinajstić information content (AvgIpc) is 3.09. The van der Waals surface area contributed by atoms with Crippen LogP contribution >= 0.6 is 12.2 Å². The van der Waals surface area contributed by atoms with Gasteiger partial charge in [0.25, 0.3) is 0 Å².